The van der Waals surface area contributed by atoms with Gasteiger partial charge in [-0.05, 0) is 19.0 Å². The first kappa shape index (κ1) is 22.2. The summed E-state index contributed by atoms with van der Waals surface area (Å²) in [6.45, 7) is 15.7. The molecule has 1 aliphatic heterocycles. The average Bonchev–Trinajstić information content (AvgIpc) is 2.22. The molecule has 20 heavy (non-hydrogen) atoms. The zero-order chi connectivity index (χ0) is 16.8. The Labute approximate surface area is 142 Å². The van der Waals surface area contributed by atoms with Crippen molar-refractivity contribution in [1.29, 1.82) is 0 Å². The summed E-state index contributed by atoms with van der Waals surface area (Å²) in [5.74, 6) is 0.631. The summed E-state index contributed by atoms with van der Waals surface area (Å²) in [7, 11) is 25.0. The second-order valence-electron chi connectivity index (χ2n) is 6.76. The first-order valence-electron chi connectivity index (χ1n) is 6.20. The van der Waals surface area contributed by atoms with E-state index in [1.165, 1.54) is 0 Å². The number of azo groups is 2. The number of nitrogens with zero attached hydrogens (tertiary/aromatic N) is 2. The molecule has 0 bridgehead atoms. The van der Waals surface area contributed by atoms with Crippen molar-refractivity contribution < 1.29 is 4.70 Å². The Morgan fingerprint density at radius 2 is 1.25 bits per heavy atom. The molecule has 0 aromatic carbocycles. The van der Waals surface area contributed by atoms with Crippen LogP contribution in [0.25, 0.3) is 0 Å². The Bertz CT molecular complexity index is 392. The van der Waals surface area contributed by atoms with E-state index in [0.717, 1.165) is 0 Å². The average molecular weight is 518 g/mol. The SMILES string of the molecule is C[C@@H]1[C@@H](C)C(C)(C)N=[N+]1C(C)(C)C.[Cl][Sb-]([Cl])([Cl])([Cl])([Cl])[Cl]. The summed E-state index contributed by atoms with van der Waals surface area (Å²) in [4.78, 5) is 0. The molecule has 1 rings (SSSR count). The van der Waals surface area contributed by atoms with E-state index in [1.54, 1.807) is 0 Å². The molecule has 9 heteroatoms. The Balaban J connectivity index is 0.000000441. The minimum atomic E-state index is -5.42. The maximum absolute atomic E-state index is 5.42. The molecule has 0 unspecified atom stereocenters. The van der Waals surface area contributed by atoms with Crippen LogP contribution in [0.4, 0.5) is 0 Å². The van der Waals surface area contributed by atoms with E-state index in [2.05, 4.69) is 53.2 Å². The van der Waals surface area contributed by atoms with Crippen LogP contribution in [-0.2, 0) is 0 Å². The van der Waals surface area contributed by atoms with E-state index in [-0.39, 0.29) is 11.1 Å². The molecule has 0 fully saturated rings. The molecule has 0 saturated heterocycles. The van der Waals surface area contributed by atoms with Crippen LogP contribution < -0.4 is 0 Å². The van der Waals surface area contributed by atoms with Crippen molar-refractivity contribution in [1.82, 2.24) is 0 Å². The molecule has 0 amide bonds. The summed E-state index contributed by atoms with van der Waals surface area (Å²) in [5, 5.41) is 4.79. The van der Waals surface area contributed by atoms with Gasteiger partial charge in [-0.1, -0.05) is 6.92 Å². The molecular formula is C11H23Cl6N2Sb. The number of hydrogen-bond donors (Lipinski definition) is 0. The fourth-order valence-corrected chi connectivity index (χ4v) is 2.02. The topological polar surface area (TPSA) is 15.4 Å². The van der Waals surface area contributed by atoms with Gasteiger partial charge in [-0.25, -0.2) is 0 Å². The Kier molecular flexibility index (Phi) is 6.21. The van der Waals surface area contributed by atoms with Crippen LogP contribution >= 0.6 is 53.0 Å². The van der Waals surface area contributed by atoms with Crippen LogP contribution in [0, 0.1) is 5.92 Å². The third-order valence-corrected chi connectivity index (χ3v) is 3.28. The van der Waals surface area contributed by atoms with Gasteiger partial charge in [0, 0.05) is 27.7 Å². The molecule has 0 spiro atoms. The summed E-state index contributed by atoms with van der Waals surface area (Å²) in [6.07, 6.45) is 0. The maximum atomic E-state index is 5.06. The Hall–Kier alpha value is 2.16. The Morgan fingerprint density at radius 1 is 0.950 bits per heavy atom. The van der Waals surface area contributed by atoms with Gasteiger partial charge >= 0.3 is 62.1 Å². The van der Waals surface area contributed by atoms with Crippen LogP contribution in [0.5, 0.6) is 0 Å². The molecule has 0 radical (unpaired) electrons. The summed E-state index contributed by atoms with van der Waals surface area (Å²) in [6, 6.07) is 0.551. The monoisotopic (exact) mass is 514 g/mol. The molecule has 0 aromatic rings. The van der Waals surface area contributed by atoms with E-state index >= 15 is 0 Å². The molecule has 2 nitrogen and oxygen atoms in total. The van der Waals surface area contributed by atoms with Crippen LogP contribution in [0.3, 0.4) is 0 Å². The predicted octanol–water partition coefficient (Wildman–Crippen LogP) is 6.82. The van der Waals surface area contributed by atoms with Crippen molar-refractivity contribution in [2.75, 3.05) is 0 Å². The fraction of sp³-hybridized carbons (Fsp3) is 1.00. The number of hydrogen-bond acceptors (Lipinski definition) is 1. The molecular weight excluding hydrogens is 495 g/mol. The zero-order valence-electron chi connectivity index (χ0n) is 12.8. The van der Waals surface area contributed by atoms with Gasteiger partial charge in [0.15, 0.2) is 11.6 Å². The van der Waals surface area contributed by atoms with E-state index in [4.69, 9.17) is 58.1 Å². The van der Waals surface area contributed by atoms with Gasteiger partial charge < -0.3 is 0 Å². The molecule has 0 N–H and O–H groups in total. The van der Waals surface area contributed by atoms with Crippen LogP contribution in [0.2, 0.25) is 0 Å². The van der Waals surface area contributed by atoms with E-state index < -0.39 is 9.14 Å². The van der Waals surface area contributed by atoms with Crippen LogP contribution in [-0.4, -0.2) is 31.0 Å². The zero-order valence-corrected chi connectivity index (χ0v) is 19.9. The van der Waals surface area contributed by atoms with Crippen molar-refractivity contribution in [2.24, 2.45) is 11.0 Å². The quantitative estimate of drug-likeness (QED) is 0.247. The van der Waals surface area contributed by atoms with Crippen molar-refractivity contribution in [3.63, 3.8) is 0 Å². The van der Waals surface area contributed by atoms with Gasteiger partial charge in [0.2, 0.25) is 0 Å². The van der Waals surface area contributed by atoms with Gasteiger partial charge in [0.05, 0.1) is 5.92 Å². The Morgan fingerprint density at radius 3 is 1.35 bits per heavy atom. The van der Waals surface area contributed by atoms with Crippen molar-refractivity contribution in [3.8, 4) is 0 Å². The van der Waals surface area contributed by atoms with Gasteiger partial charge in [0.25, 0.3) is 0 Å². The molecule has 1 heterocycles. The van der Waals surface area contributed by atoms with Gasteiger partial charge in [-0.15, -0.1) is 4.70 Å². The van der Waals surface area contributed by atoms with E-state index in [0.29, 0.717) is 12.0 Å². The van der Waals surface area contributed by atoms with E-state index in [1.807, 2.05) is 0 Å². The first-order valence-corrected chi connectivity index (χ1v) is 25.6. The third-order valence-electron chi connectivity index (χ3n) is 3.28. The molecule has 0 aliphatic carbocycles. The van der Waals surface area contributed by atoms with Crippen molar-refractivity contribution >= 4 is 62.1 Å². The van der Waals surface area contributed by atoms with Gasteiger partial charge in [0.1, 0.15) is 5.54 Å². The van der Waals surface area contributed by atoms with Gasteiger partial charge in [-0.3, -0.25) is 0 Å². The second kappa shape index (κ2) is 5.61. The van der Waals surface area contributed by atoms with Crippen LogP contribution in [0.15, 0.2) is 5.11 Å². The normalized spacial score (nSPS) is 29.8. The molecule has 0 saturated carbocycles. The predicted molar refractivity (Wildman–Crippen MR) is 96.0 cm³/mol. The summed E-state index contributed by atoms with van der Waals surface area (Å²) < 4.78 is 2.26. The second-order valence-corrected chi connectivity index (χ2v) is 63.7. The molecule has 0 aromatic heterocycles. The van der Waals surface area contributed by atoms with Gasteiger partial charge in [-0.2, -0.15) is 0 Å². The molecule has 2 atom stereocenters. The number of halogens is 6. The van der Waals surface area contributed by atoms with Crippen molar-refractivity contribution in [2.45, 2.75) is 65.6 Å². The minimum absolute atomic E-state index is 0.104. The third kappa shape index (κ3) is 10.0. The standard InChI is InChI=1S/C11H23N2.6ClH.Sb/c1-8-9(2)13(10(3,4)5)12-11(8,6)7;;;;;;;/h8-9H,1-7H3;6*1H;/q+1;;;;;;;+5/p-6/t8-,9-;;;;;;;/m1......./s1. The van der Waals surface area contributed by atoms with Crippen molar-refractivity contribution in [3.05, 3.63) is 0 Å². The summed E-state index contributed by atoms with van der Waals surface area (Å²) >= 11 is 0. The molecule has 1 aliphatic rings. The van der Waals surface area contributed by atoms with Crippen LogP contribution in [0.1, 0.15) is 48.5 Å². The summed E-state index contributed by atoms with van der Waals surface area (Å²) in [5.41, 5.74) is 0.258. The van der Waals surface area contributed by atoms with E-state index in [9.17, 15) is 0 Å². The fourth-order valence-electron chi connectivity index (χ4n) is 2.02. The number of rotatable bonds is 0. The molecule has 124 valence electrons. The first-order chi connectivity index (χ1) is 8.11.